The van der Waals surface area contributed by atoms with E-state index in [0.29, 0.717) is 23.8 Å². The standard InChI is InChI=1S/C19H18ClN3O/c20-17-15-8-4-5-9-16(15)21-18(17)19(24)23-12-10-22(11-13-23)14-6-2-1-3-7-14/h1-9,21H,10-13H2. The molecule has 122 valence electrons. The van der Waals surface area contributed by atoms with Crippen LogP contribution in [-0.4, -0.2) is 42.0 Å². The minimum atomic E-state index is -0.0242. The molecule has 1 saturated heterocycles. The Morgan fingerprint density at radius 1 is 0.917 bits per heavy atom. The monoisotopic (exact) mass is 339 g/mol. The van der Waals surface area contributed by atoms with Gasteiger partial charge < -0.3 is 14.8 Å². The first kappa shape index (κ1) is 15.1. The number of amides is 1. The van der Waals surface area contributed by atoms with Crippen LogP contribution in [0.2, 0.25) is 5.02 Å². The van der Waals surface area contributed by atoms with E-state index in [0.717, 1.165) is 24.0 Å². The molecule has 1 amide bonds. The van der Waals surface area contributed by atoms with E-state index in [9.17, 15) is 4.79 Å². The van der Waals surface area contributed by atoms with Crippen molar-refractivity contribution in [2.75, 3.05) is 31.1 Å². The summed E-state index contributed by atoms with van der Waals surface area (Å²) >= 11 is 6.41. The highest BCUT2D eigenvalue weighted by Crippen LogP contribution is 2.28. The molecule has 0 radical (unpaired) electrons. The van der Waals surface area contributed by atoms with E-state index in [-0.39, 0.29) is 5.91 Å². The molecule has 1 fully saturated rings. The number of halogens is 1. The van der Waals surface area contributed by atoms with E-state index in [2.05, 4.69) is 22.0 Å². The van der Waals surface area contributed by atoms with Gasteiger partial charge in [0.15, 0.2) is 0 Å². The number of para-hydroxylation sites is 2. The average Bonchev–Trinajstić information content (AvgIpc) is 2.99. The molecule has 0 atom stereocenters. The number of carbonyl (C=O) groups is 1. The lowest BCUT2D eigenvalue weighted by molar-refractivity contribution is 0.0742. The predicted molar refractivity (Wildman–Crippen MR) is 97.9 cm³/mol. The van der Waals surface area contributed by atoms with Gasteiger partial charge in [0, 0.05) is 42.8 Å². The number of benzene rings is 2. The van der Waals surface area contributed by atoms with Crippen molar-refractivity contribution in [2.24, 2.45) is 0 Å². The quantitative estimate of drug-likeness (QED) is 0.771. The summed E-state index contributed by atoms with van der Waals surface area (Å²) in [4.78, 5) is 20.2. The molecule has 0 unspecified atom stereocenters. The first-order valence-electron chi connectivity index (χ1n) is 8.09. The molecular formula is C19H18ClN3O. The van der Waals surface area contributed by atoms with Crippen LogP contribution in [0.5, 0.6) is 0 Å². The molecule has 0 bridgehead atoms. The second-order valence-corrected chi connectivity index (χ2v) is 6.35. The number of nitrogens with one attached hydrogen (secondary N) is 1. The second-order valence-electron chi connectivity index (χ2n) is 5.97. The number of nitrogens with zero attached hydrogens (tertiary/aromatic N) is 2. The van der Waals surface area contributed by atoms with Crippen LogP contribution in [0.25, 0.3) is 10.9 Å². The number of rotatable bonds is 2. The molecule has 1 aliphatic heterocycles. The van der Waals surface area contributed by atoms with Gasteiger partial charge in [0.1, 0.15) is 5.69 Å². The van der Waals surface area contributed by atoms with E-state index >= 15 is 0 Å². The van der Waals surface area contributed by atoms with Gasteiger partial charge in [0.05, 0.1) is 5.02 Å². The van der Waals surface area contributed by atoms with Crippen LogP contribution in [0, 0.1) is 0 Å². The van der Waals surface area contributed by atoms with Crippen molar-refractivity contribution in [2.45, 2.75) is 0 Å². The zero-order valence-electron chi connectivity index (χ0n) is 13.2. The summed E-state index contributed by atoms with van der Waals surface area (Å²) < 4.78 is 0. The van der Waals surface area contributed by atoms with Crippen molar-refractivity contribution in [3.05, 3.63) is 65.3 Å². The third-order valence-electron chi connectivity index (χ3n) is 4.54. The molecule has 2 heterocycles. The highest BCUT2D eigenvalue weighted by molar-refractivity contribution is 6.38. The molecule has 1 N–H and O–H groups in total. The Hall–Kier alpha value is -2.46. The fourth-order valence-corrected chi connectivity index (χ4v) is 3.51. The summed E-state index contributed by atoms with van der Waals surface area (Å²) in [5.74, 6) is -0.0242. The molecule has 5 heteroatoms. The molecule has 1 aliphatic rings. The smallest absolute Gasteiger partial charge is 0.271 e. The lowest BCUT2D eigenvalue weighted by Gasteiger charge is -2.36. The van der Waals surface area contributed by atoms with Crippen LogP contribution in [0.3, 0.4) is 0 Å². The fraction of sp³-hybridized carbons (Fsp3) is 0.211. The van der Waals surface area contributed by atoms with Crippen LogP contribution >= 0.6 is 11.6 Å². The number of anilines is 1. The second kappa shape index (κ2) is 6.21. The van der Waals surface area contributed by atoms with Gasteiger partial charge >= 0.3 is 0 Å². The highest BCUT2D eigenvalue weighted by Gasteiger charge is 2.25. The van der Waals surface area contributed by atoms with Gasteiger partial charge in [-0.25, -0.2) is 0 Å². The minimum Gasteiger partial charge on any atom is -0.368 e. The molecular weight excluding hydrogens is 322 g/mol. The number of piperazine rings is 1. The van der Waals surface area contributed by atoms with Crippen LogP contribution < -0.4 is 4.90 Å². The number of H-pyrrole nitrogens is 1. The topological polar surface area (TPSA) is 39.3 Å². The van der Waals surface area contributed by atoms with Crippen LogP contribution in [0.4, 0.5) is 5.69 Å². The zero-order valence-corrected chi connectivity index (χ0v) is 14.0. The van der Waals surface area contributed by atoms with E-state index < -0.39 is 0 Å². The van der Waals surface area contributed by atoms with Gasteiger partial charge in [-0.05, 0) is 18.2 Å². The van der Waals surface area contributed by atoms with Gasteiger partial charge in [-0.15, -0.1) is 0 Å². The van der Waals surface area contributed by atoms with E-state index in [1.807, 2.05) is 47.4 Å². The van der Waals surface area contributed by atoms with E-state index in [4.69, 9.17) is 11.6 Å². The molecule has 4 nitrogen and oxygen atoms in total. The average molecular weight is 340 g/mol. The van der Waals surface area contributed by atoms with Gasteiger partial charge in [-0.3, -0.25) is 4.79 Å². The van der Waals surface area contributed by atoms with Gasteiger partial charge in [0.2, 0.25) is 0 Å². The molecule has 2 aromatic carbocycles. The van der Waals surface area contributed by atoms with Gasteiger partial charge in [-0.1, -0.05) is 48.0 Å². The predicted octanol–water partition coefficient (Wildman–Crippen LogP) is 3.78. The van der Waals surface area contributed by atoms with Crippen LogP contribution in [-0.2, 0) is 0 Å². The summed E-state index contributed by atoms with van der Waals surface area (Å²) in [5.41, 5.74) is 2.59. The molecule has 24 heavy (non-hydrogen) atoms. The number of aromatic nitrogens is 1. The Morgan fingerprint density at radius 3 is 2.29 bits per heavy atom. The minimum absolute atomic E-state index is 0.0242. The van der Waals surface area contributed by atoms with Gasteiger partial charge in [0.25, 0.3) is 5.91 Å². The largest absolute Gasteiger partial charge is 0.368 e. The number of aromatic amines is 1. The number of fused-ring (bicyclic) bond motifs is 1. The lowest BCUT2D eigenvalue weighted by Crippen LogP contribution is -2.48. The fourth-order valence-electron chi connectivity index (χ4n) is 3.22. The number of hydrogen-bond acceptors (Lipinski definition) is 2. The van der Waals surface area contributed by atoms with Crippen molar-refractivity contribution in [3.8, 4) is 0 Å². The first-order chi connectivity index (χ1) is 11.7. The van der Waals surface area contributed by atoms with Crippen molar-refractivity contribution in [1.29, 1.82) is 0 Å². The summed E-state index contributed by atoms with van der Waals surface area (Å²) in [6.07, 6.45) is 0. The maximum atomic E-state index is 12.8. The van der Waals surface area contributed by atoms with Gasteiger partial charge in [-0.2, -0.15) is 0 Å². The van der Waals surface area contributed by atoms with Crippen molar-refractivity contribution < 1.29 is 4.79 Å². The molecule has 3 aromatic rings. The Bertz CT molecular complexity index is 867. The van der Waals surface area contributed by atoms with Crippen molar-refractivity contribution in [3.63, 3.8) is 0 Å². The summed E-state index contributed by atoms with van der Waals surface area (Å²) in [6.45, 7) is 3.04. The van der Waals surface area contributed by atoms with E-state index in [1.165, 1.54) is 5.69 Å². The van der Waals surface area contributed by atoms with Crippen molar-refractivity contribution in [1.82, 2.24) is 9.88 Å². The first-order valence-corrected chi connectivity index (χ1v) is 8.47. The van der Waals surface area contributed by atoms with E-state index in [1.54, 1.807) is 0 Å². The van der Waals surface area contributed by atoms with Crippen molar-refractivity contribution >= 4 is 34.1 Å². The highest BCUT2D eigenvalue weighted by atomic mass is 35.5. The maximum absolute atomic E-state index is 12.8. The SMILES string of the molecule is O=C(c1[nH]c2ccccc2c1Cl)N1CCN(c2ccccc2)CC1. The summed E-state index contributed by atoms with van der Waals surface area (Å²) in [5, 5.41) is 1.41. The third kappa shape index (κ3) is 2.63. The summed E-state index contributed by atoms with van der Waals surface area (Å²) in [6, 6.07) is 18.0. The maximum Gasteiger partial charge on any atom is 0.271 e. The molecule has 0 saturated carbocycles. The normalized spacial score (nSPS) is 15.0. The Labute approximate surface area is 145 Å². The summed E-state index contributed by atoms with van der Waals surface area (Å²) in [7, 11) is 0. The lowest BCUT2D eigenvalue weighted by atomic mass is 10.2. The Kier molecular flexibility index (Phi) is 3.90. The Balaban J connectivity index is 1.51. The molecule has 4 rings (SSSR count). The zero-order chi connectivity index (χ0) is 16.5. The Morgan fingerprint density at radius 2 is 1.58 bits per heavy atom. The molecule has 1 aromatic heterocycles. The van der Waals surface area contributed by atoms with Crippen LogP contribution in [0.15, 0.2) is 54.6 Å². The third-order valence-corrected chi connectivity index (χ3v) is 4.94. The number of hydrogen-bond donors (Lipinski definition) is 1. The van der Waals surface area contributed by atoms with Crippen LogP contribution in [0.1, 0.15) is 10.5 Å². The molecule has 0 aliphatic carbocycles. The molecule has 0 spiro atoms. The number of carbonyl (C=O) groups excluding carboxylic acids is 1.